The molecule has 0 bridgehead atoms. The molecule has 7 heteroatoms. The topological polar surface area (TPSA) is 37.9 Å². The fourth-order valence-electron chi connectivity index (χ4n) is 2.03. The van der Waals surface area contributed by atoms with E-state index in [2.05, 4.69) is 9.97 Å². The molecule has 0 saturated carbocycles. The lowest BCUT2D eigenvalue weighted by Gasteiger charge is -2.09. The monoisotopic (exact) mass is 372 g/mol. The predicted octanol–water partition coefficient (Wildman–Crippen LogP) is 6.18. The maximum absolute atomic E-state index is 6.28. The van der Waals surface area contributed by atoms with Gasteiger partial charge in [0.25, 0.3) is 0 Å². The highest BCUT2D eigenvalue weighted by Gasteiger charge is 2.12. The average molecular weight is 374 g/mol. The van der Waals surface area contributed by atoms with Crippen LogP contribution >= 0.6 is 46.6 Å². The first-order chi connectivity index (χ1) is 10.6. The number of imidazole rings is 1. The molecule has 0 fully saturated rings. The number of nitrogens with one attached hydrogen (secondary N) is 1. The number of aromatic nitrogens is 2. The SMILES string of the molecule is CSCc1nc2cc(Oc3cccc(Cl)c3Cl)c(Cl)cc2[nH]1. The van der Waals surface area contributed by atoms with Crippen LogP contribution in [0.15, 0.2) is 30.3 Å². The van der Waals surface area contributed by atoms with E-state index in [1.165, 1.54) is 0 Å². The van der Waals surface area contributed by atoms with Crippen LogP contribution in [0.25, 0.3) is 11.0 Å². The lowest BCUT2D eigenvalue weighted by atomic mass is 10.3. The first-order valence-corrected chi connectivity index (χ1v) is 8.90. The van der Waals surface area contributed by atoms with Crippen molar-refractivity contribution in [1.29, 1.82) is 0 Å². The molecule has 3 aromatic rings. The Morgan fingerprint density at radius 3 is 2.73 bits per heavy atom. The van der Waals surface area contributed by atoms with Gasteiger partial charge >= 0.3 is 0 Å². The van der Waals surface area contributed by atoms with Gasteiger partial charge in [0.15, 0.2) is 0 Å². The molecule has 2 aromatic carbocycles. The van der Waals surface area contributed by atoms with Crippen molar-refractivity contribution in [1.82, 2.24) is 9.97 Å². The van der Waals surface area contributed by atoms with E-state index in [0.717, 1.165) is 22.6 Å². The number of ether oxygens (including phenoxy) is 1. The zero-order chi connectivity index (χ0) is 15.7. The molecule has 3 nitrogen and oxygen atoms in total. The second-order valence-electron chi connectivity index (χ2n) is 4.57. The largest absolute Gasteiger partial charge is 0.454 e. The molecular formula is C15H11Cl3N2OS. The highest BCUT2D eigenvalue weighted by molar-refractivity contribution is 7.97. The molecule has 0 aliphatic carbocycles. The number of fused-ring (bicyclic) bond motifs is 1. The summed E-state index contributed by atoms with van der Waals surface area (Å²) in [4.78, 5) is 7.74. The standard InChI is InChI=1S/C15H11Cl3N2OS/c1-22-7-14-19-10-5-9(17)13(6-11(10)20-14)21-12-4-2-3-8(16)15(12)18/h2-6H,7H2,1H3,(H,19,20). The first kappa shape index (κ1) is 15.8. The van der Waals surface area contributed by atoms with Gasteiger partial charge < -0.3 is 9.72 Å². The number of H-pyrrole nitrogens is 1. The van der Waals surface area contributed by atoms with E-state index >= 15 is 0 Å². The molecule has 0 atom stereocenters. The summed E-state index contributed by atoms with van der Waals surface area (Å²) >= 11 is 20.1. The molecule has 0 unspecified atom stereocenters. The molecule has 0 saturated heterocycles. The molecule has 0 spiro atoms. The van der Waals surface area contributed by atoms with Gasteiger partial charge in [-0.3, -0.25) is 0 Å². The highest BCUT2D eigenvalue weighted by Crippen LogP contribution is 2.38. The fraction of sp³-hybridized carbons (Fsp3) is 0.133. The number of rotatable bonds is 4. The summed E-state index contributed by atoms with van der Waals surface area (Å²) in [6.07, 6.45) is 2.02. The number of nitrogens with zero attached hydrogens (tertiary/aromatic N) is 1. The molecule has 0 aliphatic heterocycles. The molecule has 114 valence electrons. The van der Waals surface area contributed by atoms with Gasteiger partial charge in [0, 0.05) is 6.07 Å². The third-order valence-electron chi connectivity index (χ3n) is 3.00. The molecule has 0 radical (unpaired) electrons. The first-order valence-electron chi connectivity index (χ1n) is 6.37. The third kappa shape index (κ3) is 3.15. The Morgan fingerprint density at radius 1 is 1.14 bits per heavy atom. The van der Waals surface area contributed by atoms with E-state index in [-0.39, 0.29) is 0 Å². The quantitative estimate of drug-likeness (QED) is 0.593. The van der Waals surface area contributed by atoms with E-state index in [0.29, 0.717) is 26.6 Å². The second kappa shape index (κ2) is 6.59. The van der Waals surface area contributed by atoms with E-state index < -0.39 is 0 Å². The summed E-state index contributed by atoms with van der Waals surface area (Å²) in [7, 11) is 0. The van der Waals surface area contributed by atoms with Crippen LogP contribution in [0.4, 0.5) is 0 Å². The van der Waals surface area contributed by atoms with Gasteiger partial charge in [-0.15, -0.1) is 0 Å². The lowest BCUT2D eigenvalue weighted by molar-refractivity contribution is 0.484. The van der Waals surface area contributed by atoms with Gasteiger partial charge in [0.05, 0.1) is 26.8 Å². The van der Waals surface area contributed by atoms with Crippen LogP contribution < -0.4 is 4.74 Å². The molecule has 3 rings (SSSR count). The van der Waals surface area contributed by atoms with Crippen LogP contribution in [0.1, 0.15) is 5.82 Å². The van der Waals surface area contributed by atoms with Gasteiger partial charge in [-0.05, 0) is 24.5 Å². The van der Waals surface area contributed by atoms with Gasteiger partial charge in [-0.1, -0.05) is 40.9 Å². The van der Waals surface area contributed by atoms with Crippen molar-refractivity contribution in [3.63, 3.8) is 0 Å². The number of halogens is 3. The number of benzene rings is 2. The van der Waals surface area contributed by atoms with Crippen molar-refractivity contribution in [2.45, 2.75) is 5.75 Å². The maximum Gasteiger partial charge on any atom is 0.148 e. The van der Waals surface area contributed by atoms with Crippen LogP contribution in [0.2, 0.25) is 15.1 Å². The highest BCUT2D eigenvalue weighted by atomic mass is 35.5. The van der Waals surface area contributed by atoms with Crippen molar-refractivity contribution >= 4 is 57.6 Å². The third-order valence-corrected chi connectivity index (χ3v) is 4.66. The van der Waals surface area contributed by atoms with Crippen LogP contribution in [-0.2, 0) is 5.75 Å². The minimum absolute atomic E-state index is 0.352. The number of aromatic amines is 1. The lowest BCUT2D eigenvalue weighted by Crippen LogP contribution is -1.87. The van der Waals surface area contributed by atoms with E-state index in [1.54, 1.807) is 42.1 Å². The molecule has 0 amide bonds. The van der Waals surface area contributed by atoms with E-state index in [1.807, 2.05) is 6.26 Å². The second-order valence-corrected chi connectivity index (χ2v) is 6.63. The Labute approximate surface area is 146 Å². The zero-order valence-corrected chi connectivity index (χ0v) is 14.6. The molecule has 1 N–H and O–H groups in total. The summed E-state index contributed by atoms with van der Waals surface area (Å²) < 4.78 is 5.79. The van der Waals surface area contributed by atoms with Crippen molar-refractivity contribution < 1.29 is 4.74 Å². The van der Waals surface area contributed by atoms with Gasteiger partial charge in [-0.25, -0.2) is 4.98 Å². The minimum Gasteiger partial charge on any atom is -0.454 e. The van der Waals surface area contributed by atoms with Crippen LogP contribution in [-0.4, -0.2) is 16.2 Å². The van der Waals surface area contributed by atoms with Gasteiger partial charge in [0.1, 0.15) is 22.3 Å². The summed E-state index contributed by atoms with van der Waals surface area (Å²) in [5.41, 5.74) is 1.67. The number of hydrogen-bond acceptors (Lipinski definition) is 3. The summed E-state index contributed by atoms with van der Waals surface area (Å²) in [6, 6.07) is 8.78. The van der Waals surface area contributed by atoms with Crippen molar-refractivity contribution in [3.8, 4) is 11.5 Å². The van der Waals surface area contributed by atoms with Crippen LogP contribution in [0, 0.1) is 0 Å². The van der Waals surface area contributed by atoms with Crippen molar-refractivity contribution in [3.05, 3.63) is 51.2 Å². The average Bonchev–Trinajstić information content (AvgIpc) is 2.86. The number of thioether (sulfide) groups is 1. The Kier molecular flexibility index (Phi) is 4.73. The minimum atomic E-state index is 0.352. The van der Waals surface area contributed by atoms with Crippen LogP contribution in [0.5, 0.6) is 11.5 Å². The van der Waals surface area contributed by atoms with Crippen molar-refractivity contribution in [2.75, 3.05) is 6.26 Å². The molecule has 22 heavy (non-hydrogen) atoms. The summed E-state index contributed by atoms with van der Waals surface area (Å²) in [6.45, 7) is 0. The van der Waals surface area contributed by atoms with E-state index in [9.17, 15) is 0 Å². The van der Waals surface area contributed by atoms with Crippen LogP contribution in [0.3, 0.4) is 0 Å². The smallest absolute Gasteiger partial charge is 0.148 e. The number of hydrogen-bond donors (Lipinski definition) is 1. The Hall–Kier alpha value is -1.07. The molecule has 1 aromatic heterocycles. The zero-order valence-electron chi connectivity index (χ0n) is 11.5. The maximum atomic E-state index is 6.28. The predicted molar refractivity (Wildman–Crippen MR) is 94.9 cm³/mol. The van der Waals surface area contributed by atoms with E-state index in [4.69, 9.17) is 39.5 Å². The summed E-state index contributed by atoms with van der Waals surface area (Å²) in [5.74, 6) is 2.65. The van der Waals surface area contributed by atoms with Gasteiger partial charge in [0.2, 0.25) is 0 Å². The Morgan fingerprint density at radius 2 is 1.95 bits per heavy atom. The molecule has 0 aliphatic rings. The Bertz CT molecular complexity index is 835. The van der Waals surface area contributed by atoms with Gasteiger partial charge in [-0.2, -0.15) is 11.8 Å². The molecular weight excluding hydrogens is 363 g/mol. The Balaban J connectivity index is 1.99. The van der Waals surface area contributed by atoms with Crippen molar-refractivity contribution in [2.24, 2.45) is 0 Å². The summed E-state index contributed by atoms with van der Waals surface area (Å²) in [5, 5.41) is 1.26. The fourth-order valence-corrected chi connectivity index (χ4v) is 2.97. The normalized spacial score (nSPS) is 11.1. The molecule has 1 heterocycles.